The molecule has 1 aromatic rings. The van der Waals surface area contributed by atoms with Crippen molar-refractivity contribution in [2.24, 2.45) is 5.92 Å². The van der Waals surface area contributed by atoms with Gasteiger partial charge in [-0.1, -0.05) is 6.07 Å². The van der Waals surface area contributed by atoms with Gasteiger partial charge in [-0.3, -0.25) is 0 Å². The van der Waals surface area contributed by atoms with Gasteiger partial charge in [0.15, 0.2) is 0 Å². The first-order valence-electron chi connectivity index (χ1n) is 6.72. The Labute approximate surface area is 115 Å². The molecule has 2 aliphatic rings. The maximum absolute atomic E-state index is 5.61. The maximum Gasteiger partial charge on any atom is 0.122 e. The van der Waals surface area contributed by atoms with Crippen molar-refractivity contribution in [3.63, 3.8) is 0 Å². The third-order valence-electron chi connectivity index (χ3n) is 4.56. The first-order chi connectivity index (χ1) is 8.74. The van der Waals surface area contributed by atoms with E-state index in [-0.39, 0.29) is 0 Å². The van der Waals surface area contributed by atoms with Crippen LogP contribution in [-0.2, 0) is 12.2 Å². The molecule has 1 heterocycles. The third-order valence-corrected chi connectivity index (χ3v) is 4.90. The van der Waals surface area contributed by atoms with E-state index in [1.54, 1.807) is 7.11 Å². The molecule has 3 heteroatoms. The summed E-state index contributed by atoms with van der Waals surface area (Å²) in [7, 11) is 4.02. The highest BCUT2D eigenvalue weighted by atomic mass is 32.1. The number of nitrogens with zero attached hydrogens (tertiary/aromatic N) is 1. The van der Waals surface area contributed by atoms with Crippen molar-refractivity contribution in [3.8, 4) is 5.75 Å². The van der Waals surface area contributed by atoms with E-state index >= 15 is 0 Å². The quantitative estimate of drug-likeness (QED) is 0.824. The van der Waals surface area contributed by atoms with Crippen molar-refractivity contribution in [2.75, 3.05) is 27.2 Å². The topological polar surface area (TPSA) is 12.5 Å². The molecular weight excluding hydrogens is 242 g/mol. The number of thiol groups is 1. The normalized spacial score (nSPS) is 26.8. The largest absolute Gasteiger partial charge is 0.496 e. The van der Waals surface area contributed by atoms with Crippen molar-refractivity contribution in [2.45, 2.75) is 24.5 Å². The lowest BCUT2D eigenvalue weighted by Crippen LogP contribution is -2.21. The van der Waals surface area contributed by atoms with Crippen LogP contribution in [0.3, 0.4) is 0 Å². The average molecular weight is 263 g/mol. The van der Waals surface area contributed by atoms with Crippen LogP contribution in [0.2, 0.25) is 0 Å². The number of fused-ring (bicyclic) bond motifs is 3. The zero-order valence-electron chi connectivity index (χ0n) is 11.1. The minimum Gasteiger partial charge on any atom is -0.496 e. The molecule has 98 valence electrons. The highest BCUT2D eigenvalue weighted by Gasteiger charge is 2.38. The minimum atomic E-state index is 0.661. The molecule has 0 bridgehead atoms. The van der Waals surface area contributed by atoms with Crippen LogP contribution in [-0.4, -0.2) is 32.1 Å². The SMILES string of the molecule is COc1ccc(CS)c2c1C1CN(C)CC1CC2. The van der Waals surface area contributed by atoms with E-state index < -0.39 is 0 Å². The van der Waals surface area contributed by atoms with Gasteiger partial charge in [0.1, 0.15) is 5.75 Å². The molecule has 1 aliphatic heterocycles. The molecule has 18 heavy (non-hydrogen) atoms. The molecule has 2 unspecified atom stereocenters. The highest BCUT2D eigenvalue weighted by molar-refractivity contribution is 7.79. The lowest BCUT2D eigenvalue weighted by molar-refractivity contribution is 0.379. The van der Waals surface area contributed by atoms with Gasteiger partial charge >= 0.3 is 0 Å². The molecule has 1 fully saturated rings. The average Bonchev–Trinajstić information content (AvgIpc) is 2.77. The van der Waals surface area contributed by atoms with E-state index in [9.17, 15) is 0 Å². The predicted molar refractivity (Wildman–Crippen MR) is 77.7 cm³/mol. The summed E-state index contributed by atoms with van der Waals surface area (Å²) in [4.78, 5) is 2.46. The van der Waals surface area contributed by atoms with Crippen LogP contribution in [0.4, 0.5) is 0 Å². The van der Waals surface area contributed by atoms with Gasteiger partial charge in [-0.05, 0) is 43.0 Å². The summed E-state index contributed by atoms with van der Waals surface area (Å²) in [6.45, 7) is 2.41. The Morgan fingerprint density at radius 1 is 1.39 bits per heavy atom. The van der Waals surface area contributed by atoms with E-state index in [1.807, 2.05) is 0 Å². The molecular formula is C15H21NOS. The Hall–Kier alpha value is -0.670. The van der Waals surface area contributed by atoms with Crippen molar-refractivity contribution in [3.05, 3.63) is 28.8 Å². The Morgan fingerprint density at radius 2 is 2.22 bits per heavy atom. The van der Waals surface area contributed by atoms with Crippen LogP contribution in [0.5, 0.6) is 5.75 Å². The van der Waals surface area contributed by atoms with Crippen molar-refractivity contribution < 1.29 is 4.74 Å². The van der Waals surface area contributed by atoms with Crippen molar-refractivity contribution in [1.29, 1.82) is 0 Å². The Balaban J connectivity index is 2.11. The fraction of sp³-hybridized carbons (Fsp3) is 0.600. The maximum atomic E-state index is 5.61. The summed E-state index contributed by atoms with van der Waals surface area (Å²) in [6, 6.07) is 4.31. The van der Waals surface area contributed by atoms with E-state index in [2.05, 4.69) is 36.7 Å². The van der Waals surface area contributed by atoms with Gasteiger partial charge in [0.2, 0.25) is 0 Å². The molecule has 0 radical (unpaired) electrons. The monoisotopic (exact) mass is 263 g/mol. The molecule has 2 atom stereocenters. The van der Waals surface area contributed by atoms with Crippen LogP contribution in [0.15, 0.2) is 12.1 Å². The van der Waals surface area contributed by atoms with Gasteiger partial charge in [-0.2, -0.15) is 12.6 Å². The molecule has 1 aromatic carbocycles. The fourth-order valence-corrected chi connectivity index (χ4v) is 4.05. The lowest BCUT2D eigenvalue weighted by atomic mass is 9.75. The first kappa shape index (κ1) is 12.4. The number of methoxy groups -OCH3 is 1. The molecule has 2 nitrogen and oxygen atoms in total. The van der Waals surface area contributed by atoms with E-state index in [4.69, 9.17) is 4.74 Å². The highest BCUT2D eigenvalue weighted by Crippen LogP contribution is 2.46. The second kappa shape index (κ2) is 4.78. The molecule has 1 aliphatic carbocycles. The fourth-order valence-electron chi connectivity index (χ4n) is 3.75. The number of rotatable bonds is 2. The molecule has 3 rings (SSSR count). The smallest absolute Gasteiger partial charge is 0.122 e. The van der Waals surface area contributed by atoms with Gasteiger partial charge in [0.25, 0.3) is 0 Å². The summed E-state index contributed by atoms with van der Waals surface area (Å²) in [5.41, 5.74) is 4.38. The van der Waals surface area contributed by atoms with Crippen molar-refractivity contribution >= 4 is 12.6 Å². The molecule has 0 amide bonds. The zero-order valence-corrected chi connectivity index (χ0v) is 12.0. The third kappa shape index (κ3) is 1.84. The van der Waals surface area contributed by atoms with E-state index in [0.717, 1.165) is 17.4 Å². The summed E-state index contributed by atoms with van der Waals surface area (Å²) < 4.78 is 5.61. The summed E-state index contributed by atoms with van der Waals surface area (Å²) in [6.07, 6.45) is 2.51. The number of likely N-dealkylation sites (tertiary alicyclic amines) is 1. The number of likely N-dealkylation sites (N-methyl/N-ethyl adjacent to an activating group) is 1. The van der Waals surface area contributed by atoms with Gasteiger partial charge in [0.05, 0.1) is 7.11 Å². The van der Waals surface area contributed by atoms with Gasteiger partial charge in [-0.25, -0.2) is 0 Å². The molecule has 0 spiro atoms. The number of benzene rings is 1. The Bertz CT molecular complexity index is 460. The van der Waals surface area contributed by atoms with Crippen LogP contribution in [0.1, 0.15) is 29.0 Å². The predicted octanol–water partition coefficient (Wildman–Crippen LogP) is 2.72. The molecule has 1 saturated heterocycles. The van der Waals surface area contributed by atoms with Crippen LogP contribution < -0.4 is 4.74 Å². The van der Waals surface area contributed by atoms with Gasteiger partial charge in [0, 0.05) is 30.3 Å². The molecule has 0 aromatic heterocycles. The molecule has 0 saturated carbocycles. The number of ether oxygens (including phenoxy) is 1. The Morgan fingerprint density at radius 3 is 2.94 bits per heavy atom. The number of hydrogen-bond acceptors (Lipinski definition) is 3. The van der Waals surface area contributed by atoms with Crippen LogP contribution in [0, 0.1) is 5.92 Å². The van der Waals surface area contributed by atoms with E-state index in [0.29, 0.717) is 5.92 Å². The lowest BCUT2D eigenvalue weighted by Gasteiger charge is -2.30. The summed E-state index contributed by atoms with van der Waals surface area (Å²) in [5, 5.41) is 0. The standard InChI is InChI=1S/C15H21NOS/c1-16-7-10-3-5-12-11(9-18)4-6-14(17-2)15(12)13(10)8-16/h4,6,10,13,18H,3,5,7-9H2,1-2H3. The van der Waals surface area contributed by atoms with Crippen molar-refractivity contribution in [1.82, 2.24) is 4.90 Å². The van der Waals surface area contributed by atoms with E-state index in [1.165, 1.54) is 42.6 Å². The second-order valence-electron chi connectivity index (χ2n) is 5.60. The van der Waals surface area contributed by atoms with Gasteiger partial charge in [-0.15, -0.1) is 0 Å². The second-order valence-corrected chi connectivity index (χ2v) is 5.92. The number of hydrogen-bond donors (Lipinski definition) is 1. The van der Waals surface area contributed by atoms with Gasteiger partial charge < -0.3 is 9.64 Å². The summed E-state index contributed by atoms with van der Waals surface area (Å²) >= 11 is 4.47. The minimum absolute atomic E-state index is 0.661. The molecule has 0 N–H and O–H groups in total. The zero-order chi connectivity index (χ0) is 12.7. The first-order valence-corrected chi connectivity index (χ1v) is 7.36. The summed E-state index contributed by atoms with van der Waals surface area (Å²) in [5.74, 6) is 3.39. The Kier molecular flexibility index (Phi) is 3.29. The van der Waals surface area contributed by atoms with Crippen LogP contribution in [0.25, 0.3) is 0 Å². The van der Waals surface area contributed by atoms with Crippen LogP contribution >= 0.6 is 12.6 Å².